The van der Waals surface area contributed by atoms with E-state index in [-0.39, 0.29) is 35.3 Å². The highest BCUT2D eigenvalue weighted by Crippen LogP contribution is 2.41. The molecule has 3 amide bonds. The summed E-state index contributed by atoms with van der Waals surface area (Å²) in [6, 6.07) is 20.3. The van der Waals surface area contributed by atoms with Gasteiger partial charge >= 0.3 is 12.2 Å². The molecule has 2 unspecified atom stereocenters. The zero-order chi connectivity index (χ0) is 34.9. The van der Waals surface area contributed by atoms with Crippen molar-refractivity contribution >= 4 is 23.4 Å². The van der Waals surface area contributed by atoms with E-state index in [4.69, 9.17) is 5.10 Å². The first-order chi connectivity index (χ1) is 23.2. The Hall–Kier alpha value is -4.87. The molecule has 258 valence electrons. The fourth-order valence-corrected chi connectivity index (χ4v) is 6.79. The molecule has 4 aromatic rings. The Morgan fingerprint density at radius 3 is 2.29 bits per heavy atom. The highest BCUT2D eigenvalue weighted by atomic mass is 19.4. The lowest BCUT2D eigenvalue weighted by Crippen LogP contribution is -2.46. The molecule has 2 aromatic carbocycles. The fourth-order valence-electron chi connectivity index (χ4n) is 6.79. The molecule has 49 heavy (non-hydrogen) atoms. The molecular formula is C37H41F3N6O3. The maximum atomic E-state index is 13.4. The minimum absolute atomic E-state index is 0.0841. The smallest absolute Gasteiger partial charge is 0.422 e. The number of pyridine rings is 1. The summed E-state index contributed by atoms with van der Waals surface area (Å²) in [6.45, 7) is 6.83. The number of alkyl halides is 3. The maximum absolute atomic E-state index is 13.4. The molecule has 0 saturated carbocycles. The van der Waals surface area contributed by atoms with Crippen LogP contribution in [-0.2, 0) is 11.8 Å². The summed E-state index contributed by atoms with van der Waals surface area (Å²) < 4.78 is 43.8. The van der Waals surface area contributed by atoms with Gasteiger partial charge in [0.25, 0.3) is 5.91 Å². The van der Waals surface area contributed by atoms with Crippen molar-refractivity contribution in [1.82, 2.24) is 19.7 Å². The number of piperidine rings is 1. The number of nitrogens with zero attached hydrogens (tertiary/aromatic N) is 4. The fraction of sp³-hybridized carbons (Fsp3) is 0.405. The highest BCUT2D eigenvalue weighted by Gasteiger charge is 2.43. The number of aromatic nitrogens is 3. The second-order valence-corrected chi connectivity index (χ2v) is 14.1. The molecule has 2 N–H and O–H groups in total. The van der Waals surface area contributed by atoms with Gasteiger partial charge in [0.05, 0.1) is 16.9 Å². The maximum Gasteiger partial charge on any atom is 0.422 e. The van der Waals surface area contributed by atoms with Crippen molar-refractivity contribution in [2.24, 2.45) is 5.92 Å². The first-order valence-corrected chi connectivity index (χ1v) is 16.5. The van der Waals surface area contributed by atoms with Crippen molar-refractivity contribution in [1.29, 1.82) is 0 Å². The number of hydrogen-bond donors (Lipinski definition) is 2. The van der Waals surface area contributed by atoms with Crippen molar-refractivity contribution in [2.45, 2.75) is 83.5 Å². The zero-order valence-corrected chi connectivity index (χ0v) is 28.1. The predicted molar refractivity (Wildman–Crippen MR) is 181 cm³/mol. The average molecular weight is 675 g/mol. The summed E-state index contributed by atoms with van der Waals surface area (Å²) in [6.07, 6.45) is 1.15. The summed E-state index contributed by atoms with van der Waals surface area (Å²) in [5.74, 6) is 0.604. The minimum atomic E-state index is -4.46. The lowest BCUT2D eigenvalue weighted by Gasteiger charge is -2.39. The van der Waals surface area contributed by atoms with Crippen LogP contribution in [0.3, 0.4) is 0 Å². The minimum Gasteiger partial charge on any atom is -0.468 e. The predicted octanol–water partition coefficient (Wildman–Crippen LogP) is 8.08. The molecule has 2 aromatic heterocycles. The van der Waals surface area contributed by atoms with Gasteiger partial charge in [0.2, 0.25) is 5.88 Å². The molecule has 2 aliphatic heterocycles. The van der Waals surface area contributed by atoms with Crippen molar-refractivity contribution < 1.29 is 27.5 Å². The molecule has 12 heteroatoms. The van der Waals surface area contributed by atoms with Crippen LogP contribution in [-0.4, -0.2) is 56.5 Å². The van der Waals surface area contributed by atoms with Crippen LogP contribution in [0.1, 0.15) is 73.6 Å². The SMILES string of the molecule is Cc1ccc(-n2nc(C(C)(C)C)cc2NC(=O)Nc2cccc(CC3CC4CCC(C3)N4C(=O)c3ccc(OCC(F)(F)F)nc3)c2)cc1. The number of nitrogens with one attached hydrogen (secondary N) is 2. The Morgan fingerprint density at radius 2 is 1.65 bits per heavy atom. The number of rotatable bonds is 8. The number of hydrogen-bond acceptors (Lipinski definition) is 5. The number of carbonyl (C=O) groups excluding carboxylic acids is 2. The largest absolute Gasteiger partial charge is 0.468 e. The standard InChI is InChI=1S/C37H41F3N6O3/c1-23-8-11-28(12-9-23)46-32(20-31(44-46)36(2,3)4)43-35(48)42-27-7-5-6-24(17-27)16-25-18-29-13-14-30(19-25)45(29)34(47)26-10-15-33(41-21-26)49-22-37(38,39)40/h5-12,15,17,20-21,25,29-30H,13-14,16,18-19,22H2,1-4H3,(H2,42,43,48). The number of halogens is 3. The zero-order valence-electron chi connectivity index (χ0n) is 28.1. The number of carbonyl (C=O) groups is 2. The van der Waals surface area contributed by atoms with Gasteiger partial charge in [-0.1, -0.05) is 50.6 Å². The average Bonchev–Trinajstić information content (AvgIpc) is 3.58. The quantitative estimate of drug-likeness (QED) is 0.197. The van der Waals surface area contributed by atoms with Gasteiger partial charge in [-0.3, -0.25) is 10.1 Å². The summed E-state index contributed by atoms with van der Waals surface area (Å²) in [5, 5.41) is 10.8. The van der Waals surface area contributed by atoms with Crippen LogP contribution in [0.15, 0.2) is 72.9 Å². The van der Waals surface area contributed by atoms with E-state index in [9.17, 15) is 22.8 Å². The second kappa shape index (κ2) is 13.6. The van der Waals surface area contributed by atoms with Gasteiger partial charge in [0.15, 0.2) is 6.61 Å². The third-order valence-corrected chi connectivity index (χ3v) is 9.14. The molecule has 2 atom stereocenters. The monoisotopic (exact) mass is 674 g/mol. The number of anilines is 2. The third kappa shape index (κ3) is 8.23. The van der Waals surface area contributed by atoms with E-state index < -0.39 is 12.8 Å². The molecule has 2 fully saturated rings. The molecule has 2 aliphatic rings. The van der Waals surface area contributed by atoms with Crippen LogP contribution in [0, 0.1) is 12.8 Å². The summed E-state index contributed by atoms with van der Waals surface area (Å²) in [7, 11) is 0. The summed E-state index contributed by atoms with van der Waals surface area (Å²) >= 11 is 0. The Bertz CT molecular complexity index is 1780. The molecule has 9 nitrogen and oxygen atoms in total. The summed E-state index contributed by atoms with van der Waals surface area (Å²) in [4.78, 5) is 32.5. The number of ether oxygens (including phenoxy) is 1. The first-order valence-electron chi connectivity index (χ1n) is 16.5. The lowest BCUT2D eigenvalue weighted by atomic mass is 9.85. The van der Waals surface area contributed by atoms with E-state index in [2.05, 4.69) is 47.2 Å². The van der Waals surface area contributed by atoms with Crippen molar-refractivity contribution in [3.8, 4) is 11.6 Å². The molecule has 2 saturated heterocycles. The van der Waals surface area contributed by atoms with Gasteiger partial charge in [0.1, 0.15) is 5.82 Å². The van der Waals surface area contributed by atoms with Crippen LogP contribution in [0.4, 0.5) is 29.5 Å². The van der Waals surface area contributed by atoms with Crippen LogP contribution in [0.2, 0.25) is 0 Å². The van der Waals surface area contributed by atoms with Gasteiger partial charge in [-0.15, -0.1) is 0 Å². The summed E-state index contributed by atoms with van der Waals surface area (Å²) in [5.41, 5.74) is 4.75. The van der Waals surface area contributed by atoms with E-state index in [0.717, 1.165) is 54.6 Å². The molecule has 0 spiro atoms. The Balaban J connectivity index is 1.07. The normalized spacial score (nSPS) is 19.1. The van der Waals surface area contributed by atoms with E-state index in [1.54, 1.807) is 4.68 Å². The Labute approximate surface area is 283 Å². The number of fused-ring (bicyclic) bond motifs is 2. The Kier molecular flexibility index (Phi) is 9.41. The molecular weight excluding hydrogens is 633 g/mol. The Morgan fingerprint density at radius 1 is 0.939 bits per heavy atom. The lowest BCUT2D eigenvalue weighted by molar-refractivity contribution is -0.154. The van der Waals surface area contributed by atoms with Crippen LogP contribution in [0.25, 0.3) is 5.69 Å². The van der Waals surface area contributed by atoms with E-state index in [1.807, 2.05) is 60.4 Å². The van der Waals surface area contributed by atoms with Gasteiger partial charge in [-0.05, 0) is 80.8 Å². The topological polar surface area (TPSA) is 101 Å². The van der Waals surface area contributed by atoms with Crippen molar-refractivity contribution in [3.05, 3.63) is 95.3 Å². The molecule has 0 radical (unpaired) electrons. The molecule has 6 rings (SSSR count). The van der Waals surface area contributed by atoms with Crippen LogP contribution in [0.5, 0.6) is 5.88 Å². The van der Waals surface area contributed by atoms with E-state index in [0.29, 0.717) is 23.0 Å². The molecule has 4 heterocycles. The van der Waals surface area contributed by atoms with Gasteiger partial charge in [0, 0.05) is 41.5 Å². The van der Waals surface area contributed by atoms with Crippen LogP contribution >= 0.6 is 0 Å². The van der Waals surface area contributed by atoms with Gasteiger partial charge in [-0.25, -0.2) is 14.5 Å². The number of aryl methyl sites for hydroxylation is 1. The second-order valence-electron chi connectivity index (χ2n) is 14.1. The van der Waals surface area contributed by atoms with Crippen molar-refractivity contribution in [2.75, 3.05) is 17.2 Å². The first kappa shape index (κ1) is 34.0. The van der Waals surface area contributed by atoms with E-state index in [1.165, 1.54) is 18.3 Å². The number of benzene rings is 2. The van der Waals surface area contributed by atoms with E-state index >= 15 is 0 Å². The number of urea groups is 1. The van der Waals surface area contributed by atoms with Gasteiger partial charge in [-0.2, -0.15) is 18.3 Å². The van der Waals surface area contributed by atoms with Gasteiger partial charge < -0.3 is 15.0 Å². The van der Waals surface area contributed by atoms with Crippen molar-refractivity contribution in [3.63, 3.8) is 0 Å². The third-order valence-electron chi connectivity index (χ3n) is 9.14. The molecule has 2 bridgehead atoms. The molecule has 0 aliphatic carbocycles. The highest BCUT2D eigenvalue weighted by molar-refractivity contribution is 5.99. The number of amides is 3. The van der Waals surface area contributed by atoms with Crippen LogP contribution < -0.4 is 15.4 Å².